The van der Waals surface area contributed by atoms with Crippen LogP contribution < -0.4 is 0 Å². The van der Waals surface area contributed by atoms with E-state index in [9.17, 15) is 0 Å². The first-order valence-corrected chi connectivity index (χ1v) is 3.62. The fourth-order valence-electron chi connectivity index (χ4n) is 1.30. The second-order valence-electron chi connectivity index (χ2n) is 2.74. The summed E-state index contributed by atoms with van der Waals surface area (Å²) in [5.74, 6) is 0.327. The van der Waals surface area contributed by atoms with E-state index in [-0.39, 0.29) is 6.61 Å². The maximum absolute atomic E-state index is 8.77. The molecule has 56 valence electrons. The Bertz CT molecular complexity index is 141. The third-order valence-corrected chi connectivity index (χ3v) is 1.92. The molecule has 0 aliphatic carbocycles. The predicted molar refractivity (Wildman–Crippen MR) is 37.0 cm³/mol. The van der Waals surface area contributed by atoms with E-state index < -0.39 is 0 Å². The Morgan fingerprint density at radius 1 is 1.70 bits per heavy atom. The Balaban J connectivity index is 2.33. The van der Waals surface area contributed by atoms with E-state index in [1.165, 1.54) is 0 Å². The minimum Gasteiger partial charge on any atom is -0.396 e. The van der Waals surface area contributed by atoms with Crippen molar-refractivity contribution < 1.29 is 5.11 Å². The van der Waals surface area contributed by atoms with Gasteiger partial charge in [-0.25, -0.2) is 0 Å². The maximum Gasteiger partial charge on any atom is 0.179 e. The number of hydrogen-bond acceptors (Lipinski definition) is 3. The summed E-state index contributed by atoms with van der Waals surface area (Å²) in [5, 5.41) is 17.3. The van der Waals surface area contributed by atoms with Crippen LogP contribution in [0.2, 0.25) is 0 Å². The Morgan fingerprint density at radius 2 is 2.50 bits per heavy atom. The van der Waals surface area contributed by atoms with Gasteiger partial charge in [0, 0.05) is 25.6 Å². The number of aliphatic hydroxyl groups excluding tert-OH is 1. The molecule has 1 atom stereocenters. The lowest BCUT2D eigenvalue weighted by molar-refractivity contribution is 0.154. The van der Waals surface area contributed by atoms with Crippen LogP contribution in [0.1, 0.15) is 12.8 Å². The highest BCUT2D eigenvalue weighted by Crippen LogP contribution is 2.14. The number of nitriles is 1. The van der Waals surface area contributed by atoms with Crippen molar-refractivity contribution in [1.82, 2.24) is 4.90 Å². The van der Waals surface area contributed by atoms with Crippen molar-refractivity contribution in [2.75, 3.05) is 19.7 Å². The van der Waals surface area contributed by atoms with Crippen molar-refractivity contribution in [1.29, 1.82) is 5.26 Å². The summed E-state index contributed by atoms with van der Waals surface area (Å²) >= 11 is 0. The largest absolute Gasteiger partial charge is 0.396 e. The first-order chi connectivity index (χ1) is 4.86. The first-order valence-electron chi connectivity index (χ1n) is 3.62. The maximum atomic E-state index is 8.77. The summed E-state index contributed by atoms with van der Waals surface area (Å²) in [4.78, 5) is 1.71. The van der Waals surface area contributed by atoms with Gasteiger partial charge in [-0.2, -0.15) is 5.26 Å². The molecule has 0 aromatic rings. The lowest BCUT2D eigenvalue weighted by atomic mass is 10.00. The van der Waals surface area contributed by atoms with E-state index in [1.54, 1.807) is 4.90 Å². The second-order valence-corrected chi connectivity index (χ2v) is 2.74. The molecule has 3 nitrogen and oxygen atoms in total. The van der Waals surface area contributed by atoms with Gasteiger partial charge in [-0.15, -0.1) is 0 Å². The standard InChI is InChI=1S/C7H12N2O/c8-6-9-3-1-2-7(4-9)5-10/h7,10H,1-5H2. The molecule has 1 aliphatic rings. The van der Waals surface area contributed by atoms with E-state index in [1.807, 2.05) is 0 Å². The summed E-state index contributed by atoms with van der Waals surface area (Å²) < 4.78 is 0. The van der Waals surface area contributed by atoms with Crippen molar-refractivity contribution in [3.63, 3.8) is 0 Å². The van der Waals surface area contributed by atoms with Gasteiger partial charge in [-0.1, -0.05) is 0 Å². The van der Waals surface area contributed by atoms with Gasteiger partial charge in [0.1, 0.15) is 0 Å². The third-order valence-electron chi connectivity index (χ3n) is 1.92. The predicted octanol–water partition coefficient (Wildman–Crippen LogP) is 0.172. The summed E-state index contributed by atoms with van der Waals surface area (Å²) in [6.45, 7) is 1.83. The van der Waals surface area contributed by atoms with Gasteiger partial charge in [-0.3, -0.25) is 0 Å². The molecule has 0 spiro atoms. The quantitative estimate of drug-likeness (QED) is 0.528. The minimum atomic E-state index is 0.220. The summed E-state index contributed by atoms with van der Waals surface area (Å²) in [6, 6.07) is 0. The highest BCUT2D eigenvalue weighted by molar-refractivity contribution is 4.80. The SMILES string of the molecule is N#CN1CCCC(CO)C1. The van der Waals surface area contributed by atoms with Gasteiger partial charge >= 0.3 is 0 Å². The lowest BCUT2D eigenvalue weighted by Gasteiger charge is -2.26. The molecule has 1 aliphatic heterocycles. The molecular formula is C7H12N2O. The highest BCUT2D eigenvalue weighted by Gasteiger charge is 2.17. The first kappa shape index (κ1) is 7.36. The van der Waals surface area contributed by atoms with Crippen LogP contribution in [0.25, 0.3) is 0 Å². The van der Waals surface area contributed by atoms with Crippen LogP contribution in [0.5, 0.6) is 0 Å². The van der Waals surface area contributed by atoms with Crippen LogP contribution in [0.3, 0.4) is 0 Å². The summed E-state index contributed by atoms with van der Waals surface area (Å²) in [7, 11) is 0. The van der Waals surface area contributed by atoms with Crippen LogP contribution in [0.4, 0.5) is 0 Å². The molecule has 0 saturated carbocycles. The monoisotopic (exact) mass is 140 g/mol. The molecule has 0 radical (unpaired) electrons. The van der Waals surface area contributed by atoms with Crippen LogP contribution >= 0.6 is 0 Å². The molecule has 1 N–H and O–H groups in total. The van der Waals surface area contributed by atoms with Gasteiger partial charge in [0.25, 0.3) is 0 Å². The van der Waals surface area contributed by atoms with Crippen LogP contribution in [-0.4, -0.2) is 29.7 Å². The zero-order chi connectivity index (χ0) is 7.40. The third kappa shape index (κ3) is 1.61. The van der Waals surface area contributed by atoms with Crippen LogP contribution in [0, 0.1) is 17.4 Å². The highest BCUT2D eigenvalue weighted by atomic mass is 16.3. The Morgan fingerprint density at radius 3 is 3.10 bits per heavy atom. The number of rotatable bonds is 1. The Kier molecular flexibility index (Phi) is 2.52. The van der Waals surface area contributed by atoms with Crippen molar-refractivity contribution in [3.05, 3.63) is 0 Å². The molecular weight excluding hydrogens is 128 g/mol. The van der Waals surface area contributed by atoms with Crippen molar-refractivity contribution in [3.8, 4) is 6.19 Å². The fraction of sp³-hybridized carbons (Fsp3) is 0.857. The zero-order valence-corrected chi connectivity index (χ0v) is 5.95. The summed E-state index contributed by atoms with van der Waals surface area (Å²) in [5.41, 5.74) is 0. The van der Waals surface area contributed by atoms with Crippen molar-refractivity contribution >= 4 is 0 Å². The molecule has 1 saturated heterocycles. The van der Waals surface area contributed by atoms with Gasteiger partial charge in [0.2, 0.25) is 0 Å². The van der Waals surface area contributed by atoms with E-state index >= 15 is 0 Å². The van der Waals surface area contributed by atoms with E-state index in [0.29, 0.717) is 5.92 Å². The van der Waals surface area contributed by atoms with Gasteiger partial charge in [-0.05, 0) is 12.8 Å². The smallest absolute Gasteiger partial charge is 0.179 e. The van der Waals surface area contributed by atoms with Crippen LogP contribution in [-0.2, 0) is 0 Å². The molecule has 1 rings (SSSR count). The molecule has 0 bridgehead atoms. The van der Waals surface area contributed by atoms with Gasteiger partial charge < -0.3 is 10.0 Å². The Hall–Kier alpha value is -0.750. The van der Waals surface area contributed by atoms with E-state index in [0.717, 1.165) is 25.9 Å². The van der Waals surface area contributed by atoms with E-state index in [2.05, 4.69) is 6.19 Å². The average Bonchev–Trinajstić information content (AvgIpc) is 2.05. The normalized spacial score (nSPS) is 26.0. The minimum absolute atomic E-state index is 0.220. The van der Waals surface area contributed by atoms with E-state index in [4.69, 9.17) is 10.4 Å². The molecule has 1 fully saturated rings. The molecule has 0 aromatic heterocycles. The van der Waals surface area contributed by atoms with Gasteiger partial charge in [0.15, 0.2) is 6.19 Å². The van der Waals surface area contributed by atoms with Crippen molar-refractivity contribution in [2.45, 2.75) is 12.8 Å². The lowest BCUT2D eigenvalue weighted by Crippen LogP contribution is -2.33. The number of nitrogens with zero attached hydrogens (tertiary/aromatic N) is 2. The molecule has 10 heavy (non-hydrogen) atoms. The average molecular weight is 140 g/mol. The number of aliphatic hydroxyl groups is 1. The molecule has 1 unspecified atom stereocenters. The Labute approximate surface area is 60.9 Å². The number of piperidine rings is 1. The second kappa shape index (κ2) is 3.43. The zero-order valence-electron chi connectivity index (χ0n) is 5.95. The molecule has 1 heterocycles. The summed E-state index contributed by atoms with van der Waals surface area (Å²) in [6.07, 6.45) is 4.20. The fourth-order valence-corrected chi connectivity index (χ4v) is 1.30. The van der Waals surface area contributed by atoms with Crippen molar-refractivity contribution in [2.24, 2.45) is 5.92 Å². The molecule has 3 heteroatoms. The van der Waals surface area contributed by atoms with Crippen LogP contribution in [0.15, 0.2) is 0 Å². The number of likely N-dealkylation sites (tertiary alicyclic amines) is 1. The molecule has 0 amide bonds. The molecule has 0 aromatic carbocycles. The van der Waals surface area contributed by atoms with Gasteiger partial charge in [0.05, 0.1) is 0 Å². The number of hydrogen-bond donors (Lipinski definition) is 1. The topological polar surface area (TPSA) is 47.3 Å².